The third kappa shape index (κ3) is 3.66. The second kappa shape index (κ2) is 6.33. The van der Waals surface area contributed by atoms with E-state index in [-0.39, 0.29) is 6.04 Å². The van der Waals surface area contributed by atoms with Crippen LogP contribution in [-0.2, 0) is 6.42 Å². The average molecular weight is 296 g/mol. The summed E-state index contributed by atoms with van der Waals surface area (Å²) in [6, 6.07) is 5.54. The summed E-state index contributed by atoms with van der Waals surface area (Å²) in [5.74, 6) is 0. The van der Waals surface area contributed by atoms with Gasteiger partial charge in [0.05, 0.1) is 23.6 Å². The Bertz CT molecular complexity index is 555. The van der Waals surface area contributed by atoms with Crippen LogP contribution in [0.4, 0.5) is 0 Å². The van der Waals surface area contributed by atoms with Crippen LogP contribution in [0.15, 0.2) is 30.6 Å². The lowest BCUT2D eigenvalue weighted by Crippen LogP contribution is -2.20. The standard InChI is InChI=1S/C14H15Cl2N3/c1-9-7-19-14(8-18-9)13(17-2)6-10-5-11(15)3-4-12(10)16/h3-5,7-8,13,17H,6H2,1-2H3. The molecule has 1 aromatic heterocycles. The molecule has 1 unspecified atom stereocenters. The summed E-state index contributed by atoms with van der Waals surface area (Å²) >= 11 is 12.2. The topological polar surface area (TPSA) is 37.8 Å². The van der Waals surface area contributed by atoms with Crippen LogP contribution in [0.5, 0.6) is 0 Å². The largest absolute Gasteiger partial charge is 0.311 e. The molecule has 19 heavy (non-hydrogen) atoms. The van der Waals surface area contributed by atoms with E-state index >= 15 is 0 Å². The van der Waals surface area contributed by atoms with Crippen molar-refractivity contribution in [3.8, 4) is 0 Å². The van der Waals surface area contributed by atoms with Crippen LogP contribution in [0.1, 0.15) is 23.0 Å². The monoisotopic (exact) mass is 295 g/mol. The molecule has 3 nitrogen and oxygen atoms in total. The molecule has 0 aliphatic carbocycles. The van der Waals surface area contributed by atoms with E-state index in [1.165, 1.54) is 0 Å². The predicted octanol–water partition coefficient (Wildman–Crippen LogP) is 3.60. The van der Waals surface area contributed by atoms with Crippen molar-refractivity contribution < 1.29 is 0 Å². The Labute approximate surface area is 123 Å². The Kier molecular flexibility index (Phi) is 4.75. The summed E-state index contributed by atoms with van der Waals surface area (Å²) in [5, 5.41) is 4.63. The van der Waals surface area contributed by atoms with Crippen molar-refractivity contribution >= 4 is 23.2 Å². The van der Waals surface area contributed by atoms with Gasteiger partial charge in [0.15, 0.2) is 0 Å². The molecular weight excluding hydrogens is 281 g/mol. The van der Waals surface area contributed by atoms with Crippen molar-refractivity contribution in [1.29, 1.82) is 0 Å². The fourth-order valence-corrected chi connectivity index (χ4v) is 2.25. The molecule has 0 spiro atoms. The first-order chi connectivity index (χ1) is 9.10. The molecule has 0 aliphatic rings. The highest BCUT2D eigenvalue weighted by atomic mass is 35.5. The molecule has 5 heteroatoms. The minimum Gasteiger partial charge on any atom is -0.311 e. The third-order valence-corrected chi connectivity index (χ3v) is 3.54. The van der Waals surface area contributed by atoms with Crippen molar-refractivity contribution in [3.63, 3.8) is 0 Å². The molecule has 2 rings (SSSR count). The van der Waals surface area contributed by atoms with Gasteiger partial charge in [-0.05, 0) is 44.2 Å². The Morgan fingerprint density at radius 2 is 2.00 bits per heavy atom. The lowest BCUT2D eigenvalue weighted by atomic mass is 10.0. The summed E-state index contributed by atoms with van der Waals surface area (Å²) in [5.41, 5.74) is 2.79. The smallest absolute Gasteiger partial charge is 0.0759 e. The summed E-state index contributed by atoms with van der Waals surface area (Å²) < 4.78 is 0. The van der Waals surface area contributed by atoms with Gasteiger partial charge in [-0.15, -0.1) is 0 Å². The van der Waals surface area contributed by atoms with Gasteiger partial charge in [-0.2, -0.15) is 0 Å². The minimum atomic E-state index is 0.0593. The zero-order valence-electron chi connectivity index (χ0n) is 10.8. The number of halogens is 2. The average Bonchev–Trinajstić information content (AvgIpc) is 2.41. The summed E-state index contributed by atoms with van der Waals surface area (Å²) in [6.07, 6.45) is 4.27. The van der Waals surface area contributed by atoms with E-state index in [9.17, 15) is 0 Å². The first kappa shape index (κ1) is 14.3. The molecular formula is C14H15Cl2N3. The van der Waals surface area contributed by atoms with Gasteiger partial charge in [-0.1, -0.05) is 23.2 Å². The van der Waals surface area contributed by atoms with Gasteiger partial charge < -0.3 is 5.32 Å². The molecule has 1 N–H and O–H groups in total. The normalized spacial score (nSPS) is 12.4. The van der Waals surface area contributed by atoms with E-state index in [2.05, 4.69) is 15.3 Å². The van der Waals surface area contributed by atoms with Gasteiger partial charge in [0.25, 0.3) is 0 Å². The third-order valence-electron chi connectivity index (χ3n) is 2.94. The zero-order valence-corrected chi connectivity index (χ0v) is 12.3. The number of nitrogens with zero attached hydrogens (tertiary/aromatic N) is 2. The number of benzene rings is 1. The molecule has 0 saturated heterocycles. The maximum Gasteiger partial charge on any atom is 0.0759 e. The number of aryl methyl sites for hydroxylation is 1. The number of hydrogen-bond donors (Lipinski definition) is 1. The summed E-state index contributed by atoms with van der Waals surface area (Å²) in [4.78, 5) is 8.66. The van der Waals surface area contributed by atoms with Crippen LogP contribution >= 0.6 is 23.2 Å². The molecule has 0 bridgehead atoms. The molecule has 0 radical (unpaired) electrons. The highest BCUT2D eigenvalue weighted by Gasteiger charge is 2.14. The molecule has 0 saturated carbocycles. The fourth-order valence-electron chi connectivity index (χ4n) is 1.86. The van der Waals surface area contributed by atoms with Gasteiger partial charge in [0.1, 0.15) is 0 Å². The van der Waals surface area contributed by atoms with Gasteiger partial charge >= 0.3 is 0 Å². The molecule has 0 aliphatic heterocycles. The molecule has 1 aromatic carbocycles. The van der Waals surface area contributed by atoms with Crippen LogP contribution in [0.3, 0.4) is 0 Å². The second-order valence-corrected chi connectivity index (χ2v) is 5.21. The van der Waals surface area contributed by atoms with E-state index in [0.29, 0.717) is 16.5 Å². The lowest BCUT2D eigenvalue weighted by Gasteiger charge is -2.16. The minimum absolute atomic E-state index is 0.0593. The maximum absolute atomic E-state index is 6.19. The molecule has 1 atom stereocenters. The second-order valence-electron chi connectivity index (χ2n) is 4.36. The van der Waals surface area contributed by atoms with Gasteiger partial charge in [-0.25, -0.2) is 0 Å². The van der Waals surface area contributed by atoms with Crippen LogP contribution < -0.4 is 5.32 Å². The SMILES string of the molecule is CNC(Cc1cc(Cl)ccc1Cl)c1cnc(C)cn1. The number of likely N-dealkylation sites (N-methyl/N-ethyl adjacent to an activating group) is 1. The van der Waals surface area contributed by atoms with Crippen molar-refractivity contribution in [2.45, 2.75) is 19.4 Å². The Hall–Kier alpha value is -1.16. The van der Waals surface area contributed by atoms with Crippen LogP contribution in [0, 0.1) is 6.92 Å². The molecule has 1 heterocycles. The Morgan fingerprint density at radius 3 is 2.63 bits per heavy atom. The highest BCUT2D eigenvalue weighted by molar-refractivity contribution is 6.33. The summed E-state index contributed by atoms with van der Waals surface area (Å²) in [6.45, 7) is 1.92. The van der Waals surface area contributed by atoms with E-state index in [1.54, 1.807) is 18.5 Å². The zero-order chi connectivity index (χ0) is 13.8. The molecule has 100 valence electrons. The van der Waals surface area contributed by atoms with Crippen molar-refractivity contribution in [2.24, 2.45) is 0 Å². The van der Waals surface area contributed by atoms with Crippen LogP contribution in [-0.4, -0.2) is 17.0 Å². The van der Waals surface area contributed by atoms with E-state index in [4.69, 9.17) is 23.2 Å². The number of nitrogens with one attached hydrogen (secondary N) is 1. The molecule has 0 amide bonds. The van der Waals surface area contributed by atoms with Crippen LogP contribution in [0.2, 0.25) is 10.0 Å². The van der Waals surface area contributed by atoms with Gasteiger partial charge in [-0.3, -0.25) is 9.97 Å². The Balaban J connectivity index is 2.23. The number of aromatic nitrogens is 2. The van der Waals surface area contributed by atoms with Crippen molar-refractivity contribution in [1.82, 2.24) is 15.3 Å². The molecule has 0 fully saturated rings. The van der Waals surface area contributed by atoms with Crippen molar-refractivity contribution in [2.75, 3.05) is 7.05 Å². The predicted molar refractivity (Wildman–Crippen MR) is 78.7 cm³/mol. The first-order valence-electron chi connectivity index (χ1n) is 6.00. The van der Waals surface area contributed by atoms with E-state index < -0.39 is 0 Å². The first-order valence-corrected chi connectivity index (χ1v) is 6.75. The van der Waals surface area contributed by atoms with Gasteiger partial charge in [0, 0.05) is 16.2 Å². The number of hydrogen-bond acceptors (Lipinski definition) is 3. The fraction of sp³-hybridized carbons (Fsp3) is 0.286. The van der Waals surface area contributed by atoms with E-state index in [0.717, 1.165) is 17.0 Å². The molecule has 2 aromatic rings. The van der Waals surface area contributed by atoms with Crippen molar-refractivity contribution in [3.05, 3.63) is 57.6 Å². The number of rotatable bonds is 4. The van der Waals surface area contributed by atoms with Crippen LogP contribution in [0.25, 0.3) is 0 Å². The lowest BCUT2D eigenvalue weighted by molar-refractivity contribution is 0.572. The van der Waals surface area contributed by atoms with Gasteiger partial charge in [0.2, 0.25) is 0 Å². The maximum atomic E-state index is 6.19. The highest BCUT2D eigenvalue weighted by Crippen LogP contribution is 2.25. The van der Waals surface area contributed by atoms with E-state index in [1.807, 2.05) is 26.1 Å². The quantitative estimate of drug-likeness (QED) is 0.937. The Morgan fingerprint density at radius 1 is 1.21 bits per heavy atom. The summed E-state index contributed by atoms with van der Waals surface area (Å²) in [7, 11) is 1.89.